The lowest BCUT2D eigenvalue weighted by atomic mass is 10.2. The summed E-state index contributed by atoms with van der Waals surface area (Å²) in [7, 11) is 1.60. The maximum atomic E-state index is 10.5. The van der Waals surface area contributed by atoms with Crippen molar-refractivity contribution in [1.29, 1.82) is 0 Å². The molecule has 1 aliphatic rings. The van der Waals surface area contributed by atoms with Gasteiger partial charge < -0.3 is 9.84 Å². The molecule has 1 N–H and O–H groups in total. The molecular weight excluding hydrogens is 196 g/mol. The Labute approximate surface area is 87.7 Å². The fraction of sp³-hybridized carbons (Fsp3) is 0.600. The number of hydrogen-bond donors (Lipinski definition) is 1. The number of carbonyl (C=O) groups is 1. The van der Waals surface area contributed by atoms with Gasteiger partial charge in [0.15, 0.2) is 0 Å². The molecule has 1 aliphatic carbocycles. The van der Waals surface area contributed by atoms with E-state index in [1.54, 1.807) is 13.3 Å². The van der Waals surface area contributed by atoms with Crippen LogP contribution >= 0.6 is 0 Å². The van der Waals surface area contributed by atoms with Gasteiger partial charge in [0.25, 0.3) is 0 Å². The number of aromatic nitrogens is 2. The Morgan fingerprint density at radius 1 is 1.73 bits per heavy atom. The van der Waals surface area contributed by atoms with E-state index in [9.17, 15) is 4.79 Å². The standard InChI is InChI=1S/C10H14N2O3/c1-15-10-7(2-5-9(13)14)6-11-12(10)8-3-4-8/h6,8H,2-5H2,1H3,(H,13,14). The van der Waals surface area contributed by atoms with Crippen LogP contribution in [0.2, 0.25) is 0 Å². The van der Waals surface area contributed by atoms with Crippen molar-refractivity contribution < 1.29 is 14.6 Å². The number of carboxylic acid groups (broad SMARTS) is 1. The second kappa shape index (κ2) is 3.92. The van der Waals surface area contributed by atoms with Gasteiger partial charge in [-0.3, -0.25) is 4.79 Å². The highest BCUT2D eigenvalue weighted by molar-refractivity contribution is 5.67. The average Bonchev–Trinajstić information content (AvgIpc) is 2.96. The van der Waals surface area contributed by atoms with Crippen molar-refractivity contribution in [3.8, 4) is 5.88 Å². The molecule has 0 aliphatic heterocycles. The number of nitrogens with zero attached hydrogens (tertiary/aromatic N) is 2. The monoisotopic (exact) mass is 210 g/mol. The van der Waals surface area contributed by atoms with Crippen molar-refractivity contribution in [2.24, 2.45) is 0 Å². The zero-order chi connectivity index (χ0) is 10.8. The minimum atomic E-state index is -0.795. The largest absolute Gasteiger partial charge is 0.481 e. The highest BCUT2D eigenvalue weighted by Crippen LogP contribution is 2.38. The van der Waals surface area contributed by atoms with Gasteiger partial charge in [-0.25, -0.2) is 4.68 Å². The van der Waals surface area contributed by atoms with Crippen molar-refractivity contribution in [2.75, 3.05) is 7.11 Å². The Bertz CT molecular complexity index is 369. The quantitative estimate of drug-likeness (QED) is 0.794. The molecule has 1 aromatic heterocycles. The van der Waals surface area contributed by atoms with Crippen molar-refractivity contribution >= 4 is 5.97 Å². The van der Waals surface area contributed by atoms with Crippen LogP contribution in [0.1, 0.15) is 30.9 Å². The van der Waals surface area contributed by atoms with E-state index in [0.717, 1.165) is 24.3 Å². The lowest BCUT2D eigenvalue weighted by Gasteiger charge is -2.05. The summed E-state index contributed by atoms with van der Waals surface area (Å²) in [6.07, 6.45) is 4.57. The van der Waals surface area contributed by atoms with E-state index in [2.05, 4.69) is 5.10 Å². The predicted molar refractivity (Wildman–Crippen MR) is 53.0 cm³/mol. The Morgan fingerprint density at radius 2 is 2.47 bits per heavy atom. The predicted octanol–water partition coefficient (Wildman–Crippen LogP) is 1.24. The van der Waals surface area contributed by atoms with E-state index < -0.39 is 5.97 Å². The van der Waals surface area contributed by atoms with Gasteiger partial charge in [0.2, 0.25) is 5.88 Å². The average molecular weight is 210 g/mol. The van der Waals surface area contributed by atoms with E-state index in [1.807, 2.05) is 4.68 Å². The number of rotatable bonds is 5. The molecule has 0 saturated heterocycles. The molecule has 0 atom stereocenters. The van der Waals surface area contributed by atoms with Crippen LogP contribution in [0.25, 0.3) is 0 Å². The third-order valence-electron chi connectivity index (χ3n) is 2.52. The fourth-order valence-electron chi connectivity index (χ4n) is 1.60. The van der Waals surface area contributed by atoms with Crippen LogP contribution in [0, 0.1) is 0 Å². The van der Waals surface area contributed by atoms with E-state index in [0.29, 0.717) is 12.5 Å². The fourth-order valence-corrected chi connectivity index (χ4v) is 1.60. The minimum absolute atomic E-state index is 0.118. The Morgan fingerprint density at radius 3 is 3.00 bits per heavy atom. The van der Waals surface area contributed by atoms with Gasteiger partial charge >= 0.3 is 5.97 Å². The van der Waals surface area contributed by atoms with E-state index in [-0.39, 0.29) is 6.42 Å². The van der Waals surface area contributed by atoms with Gasteiger partial charge in [-0.1, -0.05) is 0 Å². The van der Waals surface area contributed by atoms with Crippen LogP contribution in [0.5, 0.6) is 5.88 Å². The molecule has 1 aromatic rings. The first-order valence-corrected chi connectivity index (χ1v) is 5.04. The highest BCUT2D eigenvalue weighted by atomic mass is 16.5. The van der Waals surface area contributed by atoms with Gasteiger partial charge in [-0.05, 0) is 19.3 Å². The van der Waals surface area contributed by atoms with Gasteiger partial charge in [0.1, 0.15) is 0 Å². The van der Waals surface area contributed by atoms with Crippen molar-refractivity contribution in [1.82, 2.24) is 9.78 Å². The molecular formula is C10H14N2O3. The van der Waals surface area contributed by atoms with Crippen LogP contribution in [0.15, 0.2) is 6.20 Å². The molecule has 0 aromatic carbocycles. The summed E-state index contributed by atoms with van der Waals surface area (Å²) in [4.78, 5) is 10.5. The van der Waals surface area contributed by atoms with Crippen molar-refractivity contribution in [2.45, 2.75) is 31.7 Å². The minimum Gasteiger partial charge on any atom is -0.481 e. The normalized spacial score (nSPS) is 15.3. The Balaban J connectivity index is 2.12. The lowest BCUT2D eigenvalue weighted by Crippen LogP contribution is -2.02. The SMILES string of the molecule is COc1c(CCC(=O)O)cnn1C1CC1. The van der Waals surface area contributed by atoms with Crippen LogP contribution in [-0.4, -0.2) is 28.0 Å². The molecule has 0 amide bonds. The van der Waals surface area contributed by atoms with E-state index in [4.69, 9.17) is 9.84 Å². The number of methoxy groups -OCH3 is 1. The third-order valence-corrected chi connectivity index (χ3v) is 2.52. The maximum absolute atomic E-state index is 10.5. The third kappa shape index (κ3) is 2.11. The first kappa shape index (κ1) is 10.0. The molecule has 0 bridgehead atoms. The molecule has 15 heavy (non-hydrogen) atoms. The topological polar surface area (TPSA) is 64.3 Å². The first-order valence-electron chi connectivity index (χ1n) is 5.04. The molecule has 1 fully saturated rings. The second-order valence-corrected chi connectivity index (χ2v) is 3.75. The van der Waals surface area contributed by atoms with Crippen LogP contribution in [0.3, 0.4) is 0 Å². The number of carboxylic acids is 1. The molecule has 1 saturated carbocycles. The Hall–Kier alpha value is -1.52. The second-order valence-electron chi connectivity index (χ2n) is 3.75. The van der Waals surface area contributed by atoms with E-state index in [1.165, 1.54) is 0 Å². The molecule has 5 nitrogen and oxygen atoms in total. The summed E-state index contributed by atoms with van der Waals surface area (Å²) in [5.74, 6) is -0.0741. The number of aryl methyl sites for hydroxylation is 1. The lowest BCUT2D eigenvalue weighted by molar-refractivity contribution is -0.136. The molecule has 2 rings (SSSR count). The molecule has 82 valence electrons. The smallest absolute Gasteiger partial charge is 0.303 e. The van der Waals surface area contributed by atoms with E-state index >= 15 is 0 Å². The molecule has 0 spiro atoms. The number of aliphatic carboxylic acids is 1. The summed E-state index contributed by atoms with van der Waals surface area (Å²) >= 11 is 0. The van der Waals surface area contributed by atoms with Gasteiger partial charge in [0.05, 0.1) is 19.3 Å². The first-order chi connectivity index (χ1) is 7.22. The molecule has 1 heterocycles. The summed E-state index contributed by atoms with van der Waals surface area (Å²) in [5, 5.41) is 12.8. The summed E-state index contributed by atoms with van der Waals surface area (Å²) < 4.78 is 7.12. The van der Waals surface area contributed by atoms with Crippen molar-refractivity contribution in [3.05, 3.63) is 11.8 Å². The highest BCUT2D eigenvalue weighted by Gasteiger charge is 2.28. The summed E-state index contributed by atoms with van der Waals surface area (Å²) in [5.41, 5.74) is 0.881. The van der Waals surface area contributed by atoms with Crippen LogP contribution < -0.4 is 4.74 Å². The molecule has 5 heteroatoms. The zero-order valence-corrected chi connectivity index (χ0v) is 8.64. The Kier molecular flexibility index (Phi) is 2.62. The van der Waals surface area contributed by atoms with Gasteiger partial charge in [0, 0.05) is 12.0 Å². The molecule has 0 radical (unpaired) electrons. The van der Waals surface area contributed by atoms with Gasteiger partial charge in [-0.15, -0.1) is 0 Å². The summed E-state index contributed by atoms with van der Waals surface area (Å²) in [6.45, 7) is 0. The zero-order valence-electron chi connectivity index (χ0n) is 8.64. The number of ether oxygens (including phenoxy) is 1. The maximum Gasteiger partial charge on any atom is 0.303 e. The summed E-state index contributed by atoms with van der Waals surface area (Å²) in [6, 6.07) is 0.457. The molecule has 0 unspecified atom stereocenters. The van der Waals surface area contributed by atoms with Gasteiger partial charge in [-0.2, -0.15) is 5.10 Å². The van der Waals surface area contributed by atoms with Crippen LogP contribution in [0.4, 0.5) is 0 Å². The number of hydrogen-bond acceptors (Lipinski definition) is 3. The van der Waals surface area contributed by atoms with Crippen molar-refractivity contribution in [3.63, 3.8) is 0 Å². The van der Waals surface area contributed by atoms with Crippen LogP contribution in [-0.2, 0) is 11.2 Å².